The average molecular weight is 565 g/mol. The Morgan fingerprint density at radius 1 is 1.00 bits per heavy atom. The number of thioether (sulfide) groups is 1. The highest BCUT2D eigenvalue weighted by Crippen LogP contribution is 2.27. The largest absolute Gasteiger partial charge is 0.379 e. The van der Waals surface area contributed by atoms with Crippen LogP contribution in [0.25, 0.3) is 22.4 Å². The van der Waals surface area contributed by atoms with Gasteiger partial charge in [0.15, 0.2) is 5.65 Å². The molecule has 0 unspecified atom stereocenters. The standard InChI is InChI=1S/C27H34N8O2.C2H6S/c1-2-15-37-20-35-26-22(19-30-27(32-26)28-11-12-34-13-16-36-17-14-34)25(33-35)23-9-6-10-24(31-23)29-18-21-7-4-3-5-8-21;1-3-2/h3-10,19H,2,11-18,20H2,1H3,(H,29,31)(H,28,30,32);1-2H3. The lowest BCUT2D eigenvalue weighted by Crippen LogP contribution is -2.39. The van der Waals surface area contributed by atoms with Crippen molar-refractivity contribution in [1.29, 1.82) is 0 Å². The molecule has 0 saturated carbocycles. The monoisotopic (exact) mass is 564 g/mol. The van der Waals surface area contributed by atoms with Crippen LogP contribution in [-0.4, -0.2) is 88.1 Å². The number of fused-ring (bicyclic) bond motifs is 1. The number of ether oxygens (including phenoxy) is 2. The highest BCUT2D eigenvalue weighted by molar-refractivity contribution is 7.97. The van der Waals surface area contributed by atoms with E-state index in [0.717, 1.165) is 74.1 Å². The molecular formula is C29H40N8O2S. The van der Waals surface area contributed by atoms with Crippen LogP contribution in [0.3, 0.4) is 0 Å². The van der Waals surface area contributed by atoms with Gasteiger partial charge in [-0.25, -0.2) is 14.6 Å². The smallest absolute Gasteiger partial charge is 0.224 e. The molecule has 0 amide bonds. The molecule has 11 heteroatoms. The molecule has 214 valence electrons. The van der Waals surface area contributed by atoms with E-state index < -0.39 is 0 Å². The third-order valence-corrected chi connectivity index (χ3v) is 6.17. The molecule has 5 rings (SSSR count). The van der Waals surface area contributed by atoms with E-state index in [2.05, 4.69) is 39.6 Å². The molecule has 1 aliphatic rings. The van der Waals surface area contributed by atoms with Gasteiger partial charge in [0.25, 0.3) is 0 Å². The van der Waals surface area contributed by atoms with Gasteiger partial charge in [-0.15, -0.1) is 0 Å². The Morgan fingerprint density at radius 2 is 1.80 bits per heavy atom. The predicted molar refractivity (Wildman–Crippen MR) is 164 cm³/mol. The highest BCUT2D eigenvalue weighted by Gasteiger charge is 2.17. The summed E-state index contributed by atoms with van der Waals surface area (Å²) in [7, 11) is 0. The Labute approximate surface area is 240 Å². The number of hydrogen-bond donors (Lipinski definition) is 2. The lowest BCUT2D eigenvalue weighted by atomic mass is 10.2. The maximum absolute atomic E-state index is 5.81. The van der Waals surface area contributed by atoms with Crippen LogP contribution in [0, 0.1) is 0 Å². The van der Waals surface area contributed by atoms with Crippen LogP contribution in [-0.2, 0) is 22.7 Å². The van der Waals surface area contributed by atoms with Crippen LogP contribution < -0.4 is 10.6 Å². The van der Waals surface area contributed by atoms with Crippen molar-refractivity contribution in [2.45, 2.75) is 26.6 Å². The summed E-state index contributed by atoms with van der Waals surface area (Å²) in [4.78, 5) is 16.6. The van der Waals surface area contributed by atoms with Crippen molar-refractivity contribution >= 4 is 34.6 Å². The van der Waals surface area contributed by atoms with Crippen LogP contribution in [0.4, 0.5) is 11.8 Å². The molecule has 4 aromatic rings. The summed E-state index contributed by atoms with van der Waals surface area (Å²) in [5, 5.41) is 12.4. The Hall–Kier alpha value is -3.25. The molecule has 0 spiro atoms. The number of nitrogens with zero attached hydrogens (tertiary/aromatic N) is 6. The third kappa shape index (κ3) is 8.62. The maximum Gasteiger partial charge on any atom is 0.224 e. The molecule has 4 heterocycles. The molecule has 40 heavy (non-hydrogen) atoms. The van der Waals surface area contributed by atoms with E-state index in [0.29, 0.717) is 25.8 Å². The minimum Gasteiger partial charge on any atom is -0.379 e. The number of pyridine rings is 1. The zero-order valence-corrected chi connectivity index (χ0v) is 24.5. The number of anilines is 2. The molecule has 1 saturated heterocycles. The highest BCUT2D eigenvalue weighted by atomic mass is 32.2. The Balaban J connectivity index is 0.00000118. The topological polar surface area (TPSA) is 102 Å². The predicted octanol–water partition coefficient (Wildman–Crippen LogP) is 4.61. The molecule has 0 radical (unpaired) electrons. The molecule has 2 N–H and O–H groups in total. The number of benzene rings is 1. The molecule has 1 fully saturated rings. The number of rotatable bonds is 12. The minimum absolute atomic E-state index is 0.320. The fraction of sp³-hybridized carbons (Fsp3) is 0.448. The van der Waals surface area contributed by atoms with E-state index >= 15 is 0 Å². The van der Waals surface area contributed by atoms with Crippen molar-refractivity contribution in [2.24, 2.45) is 0 Å². The number of nitrogens with one attached hydrogen (secondary N) is 2. The van der Waals surface area contributed by atoms with E-state index in [1.165, 1.54) is 5.56 Å². The van der Waals surface area contributed by atoms with Gasteiger partial charge < -0.3 is 20.1 Å². The van der Waals surface area contributed by atoms with Crippen molar-refractivity contribution in [3.05, 3.63) is 60.3 Å². The quantitative estimate of drug-likeness (QED) is 0.237. The van der Waals surface area contributed by atoms with Gasteiger partial charge in [0.2, 0.25) is 5.95 Å². The van der Waals surface area contributed by atoms with Gasteiger partial charge in [-0.1, -0.05) is 43.3 Å². The van der Waals surface area contributed by atoms with Gasteiger partial charge in [0.1, 0.15) is 18.2 Å². The SMILES string of the molecule is CCCOCn1nc(-c2cccc(NCc3ccccc3)n2)c2cnc(NCCN3CCOCC3)nc21.CSC. The van der Waals surface area contributed by atoms with Crippen LogP contribution in [0.2, 0.25) is 0 Å². The zero-order chi connectivity index (χ0) is 28.0. The van der Waals surface area contributed by atoms with Gasteiger partial charge in [0, 0.05) is 45.5 Å². The summed E-state index contributed by atoms with van der Waals surface area (Å²) in [6.45, 7) is 8.93. The summed E-state index contributed by atoms with van der Waals surface area (Å²) in [5.74, 6) is 1.36. The summed E-state index contributed by atoms with van der Waals surface area (Å²) in [6.07, 6.45) is 6.84. The molecule has 1 aliphatic heterocycles. The van der Waals surface area contributed by atoms with Gasteiger partial charge in [-0.2, -0.15) is 21.8 Å². The van der Waals surface area contributed by atoms with Crippen molar-refractivity contribution in [1.82, 2.24) is 29.6 Å². The summed E-state index contributed by atoms with van der Waals surface area (Å²) >= 11 is 1.75. The first-order valence-corrected chi connectivity index (χ1v) is 15.4. The lowest BCUT2D eigenvalue weighted by Gasteiger charge is -2.26. The zero-order valence-electron chi connectivity index (χ0n) is 23.7. The lowest BCUT2D eigenvalue weighted by molar-refractivity contribution is 0.0398. The van der Waals surface area contributed by atoms with E-state index in [4.69, 9.17) is 24.5 Å². The van der Waals surface area contributed by atoms with Gasteiger partial charge in [-0.05, 0) is 36.6 Å². The normalized spacial score (nSPS) is 13.6. The summed E-state index contributed by atoms with van der Waals surface area (Å²) in [6, 6.07) is 16.2. The van der Waals surface area contributed by atoms with Crippen molar-refractivity contribution in [3.8, 4) is 11.4 Å². The number of morpholine rings is 1. The fourth-order valence-electron chi connectivity index (χ4n) is 4.22. The number of hydrogen-bond acceptors (Lipinski definition) is 10. The molecule has 1 aromatic carbocycles. The number of aromatic nitrogens is 5. The molecule has 0 aliphatic carbocycles. The third-order valence-electron chi connectivity index (χ3n) is 6.17. The minimum atomic E-state index is 0.320. The first-order valence-electron chi connectivity index (χ1n) is 13.7. The molecule has 10 nitrogen and oxygen atoms in total. The fourth-order valence-corrected chi connectivity index (χ4v) is 4.22. The molecule has 0 atom stereocenters. The van der Waals surface area contributed by atoms with E-state index in [1.807, 2.05) is 55.1 Å². The molecule has 0 bridgehead atoms. The average Bonchev–Trinajstić information content (AvgIpc) is 3.36. The first kappa shape index (κ1) is 29.7. The van der Waals surface area contributed by atoms with E-state index in [1.54, 1.807) is 16.4 Å². The van der Waals surface area contributed by atoms with Gasteiger partial charge in [-0.3, -0.25) is 4.90 Å². The summed E-state index contributed by atoms with van der Waals surface area (Å²) in [5.41, 5.74) is 3.41. The maximum atomic E-state index is 5.81. The van der Waals surface area contributed by atoms with Crippen molar-refractivity contribution in [2.75, 3.05) is 69.1 Å². The Kier molecular flexibility index (Phi) is 12.0. The van der Waals surface area contributed by atoms with Crippen molar-refractivity contribution in [3.63, 3.8) is 0 Å². The van der Waals surface area contributed by atoms with Crippen LogP contribution in [0.15, 0.2) is 54.7 Å². The van der Waals surface area contributed by atoms with Crippen LogP contribution in [0.1, 0.15) is 18.9 Å². The molecular weight excluding hydrogens is 524 g/mol. The first-order chi connectivity index (χ1) is 19.7. The van der Waals surface area contributed by atoms with Crippen molar-refractivity contribution < 1.29 is 9.47 Å². The van der Waals surface area contributed by atoms with Gasteiger partial charge in [0.05, 0.1) is 24.3 Å². The molecule has 3 aromatic heterocycles. The van der Waals surface area contributed by atoms with Crippen LogP contribution >= 0.6 is 11.8 Å². The Morgan fingerprint density at radius 3 is 2.58 bits per heavy atom. The van der Waals surface area contributed by atoms with Crippen LogP contribution in [0.5, 0.6) is 0 Å². The summed E-state index contributed by atoms with van der Waals surface area (Å²) < 4.78 is 13.0. The van der Waals surface area contributed by atoms with E-state index in [-0.39, 0.29) is 0 Å². The Bertz CT molecular complexity index is 1300. The van der Waals surface area contributed by atoms with E-state index in [9.17, 15) is 0 Å². The second-order valence-electron chi connectivity index (χ2n) is 9.35. The second kappa shape index (κ2) is 16.1. The van der Waals surface area contributed by atoms with Gasteiger partial charge >= 0.3 is 0 Å². The second-order valence-corrected chi connectivity index (χ2v) is 10.2.